The Hall–Kier alpha value is -1.89. The van der Waals surface area contributed by atoms with E-state index in [1.165, 1.54) is 10.0 Å². The Kier molecular flexibility index (Phi) is 4.95. The van der Waals surface area contributed by atoms with Crippen molar-refractivity contribution < 1.29 is 4.39 Å². The van der Waals surface area contributed by atoms with E-state index in [2.05, 4.69) is 43.3 Å². The molecule has 116 valence electrons. The second-order valence-corrected chi connectivity index (χ2v) is 7.79. The van der Waals surface area contributed by atoms with Crippen LogP contribution in [0.15, 0.2) is 60.7 Å². The number of hydrogen-bond acceptors (Lipinski definition) is 0. The molecule has 0 spiro atoms. The molecule has 1 heterocycles. The first-order valence-electron chi connectivity index (χ1n) is 7.83. The van der Waals surface area contributed by atoms with Crippen molar-refractivity contribution in [3.8, 4) is 21.1 Å². The van der Waals surface area contributed by atoms with E-state index in [1.807, 2.05) is 31.2 Å². The van der Waals surface area contributed by atoms with E-state index in [1.54, 1.807) is 6.07 Å². The van der Waals surface area contributed by atoms with E-state index >= 15 is 0 Å². The fourth-order valence-corrected chi connectivity index (χ4v) is 4.69. The summed E-state index contributed by atoms with van der Waals surface area (Å²) in [5.74, 6) is -0.134. The van der Waals surface area contributed by atoms with Crippen LogP contribution in [0.1, 0.15) is 23.8 Å². The van der Waals surface area contributed by atoms with Gasteiger partial charge in [-0.05, 0) is 0 Å². The third kappa shape index (κ3) is 3.55. The molecule has 0 radical (unpaired) electrons. The van der Waals surface area contributed by atoms with Crippen molar-refractivity contribution in [3.63, 3.8) is 0 Å². The van der Waals surface area contributed by atoms with Crippen LogP contribution in [0.2, 0.25) is 0 Å². The first-order chi connectivity index (χ1) is 11.2. The number of allylic oxidation sites excluding steroid dienone is 1. The quantitative estimate of drug-likeness (QED) is 0.509. The molecule has 0 nitrogen and oxygen atoms in total. The van der Waals surface area contributed by atoms with Gasteiger partial charge in [-0.1, -0.05) is 0 Å². The van der Waals surface area contributed by atoms with Gasteiger partial charge in [0, 0.05) is 0 Å². The van der Waals surface area contributed by atoms with E-state index in [0.29, 0.717) is 0 Å². The van der Waals surface area contributed by atoms with Gasteiger partial charge >= 0.3 is 143 Å². The fraction of sp³-hybridized carbons (Fsp3) is 0.143. The topological polar surface area (TPSA) is 0 Å². The normalized spacial score (nSPS) is 11.3. The fourth-order valence-electron chi connectivity index (χ4n) is 2.58. The van der Waals surface area contributed by atoms with Crippen LogP contribution in [0.4, 0.5) is 4.39 Å². The van der Waals surface area contributed by atoms with Crippen molar-refractivity contribution >= 4 is 20.6 Å². The molecule has 2 aromatic carbocycles. The van der Waals surface area contributed by atoms with Crippen LogP contribution >= 0.6 is 0 Å². The van der Waals surface area contributed by atoms with Crippen molar-refractivity contribution in [2.45, 2.75) is 20.3 Å². The van der Waals surface area contributed by atoms with Crippen LogP contribution < -0.4 is 0 Å². The third-order valence-corrected chi connectivity index (χ3v) is 6.16. The number of hydrogen-bond donors (Lipinski definition) is 0. The number of benzene rings is 2. The summed E-state index contributed by atoms with van der Waals surface area (Å²) in [5.41, 5.74) is 4.02. The predicted molar refractivity (Wildman–Crippen MR) is 98.3 cm³/mol. The van der Waals surface area contributed by atoms with Gasteiger partial charge < -0.3 is 0 Å². The van der Waals surface area contributed by atoms with Crippen LogP contribution in [0, 0.1) is 5.82 Å². The Morgan fingerprint density at radius 2 is 1.70 bits per heavy atom. The van der Waals surface area contributed by atoms with Gasteiger partial charge in [-0.2, -0.15) is 0 Å². The predicted octanol–water partition coefficient (Wildman–Crippen LogP) is 5.81. The molecule has 0 fully saturated rings. The molecule has 3 aromatic rings. The average molecular weight is 369 g/mol. The molecule has 0 saturated carbocycles. The van der Waals surface area contributed by atoms with Gasteiger partial charge in [-0.25, -0.2) is 0 Å². The standard InChI is InChI=1S/C21H19FSe/c1-3-5-18-11-13-21(23-18)19-12-10-17(14-20(19)22)16-8-6-15(4-2)7-9-16/h3,5-14H,4H2,1-2H3/b5-3-. The summed E-state index contributed by atoms with van der Waals surface area (Å²) in [6.07, 6.45) is 5.15. The molecule has 0 bridgehead atoms. The molecule has 1 aromatic heterocycles. The molecule has 2 heteroatoms. The van der Waals surface area contributed by atoms with Crippen LogP contribution in [0.5, 0.6) is 0 Å². The first-order valence-corrected chi connectivity index (χ1v) is 9.54. The second-order valence-electron chi connectivity index (χ2n) is 5.45. The monoisotopic (exact) mass is 370 g/mol. The van der Waals surface area contributed by atoms with E-state index in [0.717, 1.165) is 27.5 Å². The summed E-state index contributed by atoms with van der Waals surface area (Å²) in [7, 11) is 0. The van der Waals surface area contributed by atoms with Crippen molar-refractivity contribution in [1.82, 2.24) is 0 Å². The van der Waals surface area contributed by atoms with Crippen molar-refractivity contribution in [2.75, 3.05) is 0 Å². The number of halogens is 1. The summed E-state index contributed by atoms with van der Waals surface area (Å²) in [6, 6.07) is 18.1. The van der Waals surface area contributed by atoms with Crippen molar-refractivity contribution in [1.29, 1.82) is 0 Å². The van der Waals surface area contributed by atoms with Crippen LogP contribution in [0.25, 0.3) is 27.2 Å². The Balaban J connectivity index is 1.93. The summed E-state index contributed by atoms with van der Waals surface area (Å²) >= 11 is 0.192. The molecule has 0 amide bonds. The Morgan fingerprint density at radius 1 is 0.957 bits per heavy atom. The van der Waals surface area contributed by atoms with Gasteiger partial charge in [0.1, 0.15) is 0 Å². The summed E-state index contributed by atoms with van der Waals surface area (Å²) < 4.78 is 17.0. The van der Waals surface area contributed by atoms with Gasteiger partial charge in [0.05, 0.1) is 0 Å². The van der Waals surface area contributed by atoms with Gasteiger partial charge in [0.2, 0.25) is 0 Å². The molecule has 0 aliphatic heterocycles. The molecule has 0 saturated heterocycles. The zero-order chi connectivity index (χ0) is 16.2. The van der Waals surface area contributed by atoms with E-state index < -0.39 is 0 Å². The van der Waals surface area contributed by atoms with Crippen LogP contribution in [-0.2, 0) is 6.42 Å². The summed E-state index contributed by atoms with van der Waals surface area (Å²) in [6.45, 7) is 4.14. The maximum atomic E-state index is 14.6. The third-order valence-electron chi connectivity index (χ3n) is 3.89. The van der Waals surface area contributed by atoms with E-state index in [-0.39, 0.29) is 20.3 Å². The average Bonchev–Trinajstić information content (AvgIpc) is 3.03. The minimum atomic E-state index is -0.134. The zero-order valence-electron chi connectivity index (χ0n) is 13.3. The molecule has 0 N–H and O–H groups in total. The maximum absolute atomic E-state index is 14.6. The molecular formula is C21H19FSe. The van der Waals surface area contributed by atoms with E-state index in [9.17, 15) is 4.39 Å². The Labute approximate surface area is 143 Å². The Morgan fingerprint density at radius 3 is 2.35 bits per heavy atom. The minimum absolute atomic E-state index is 0.134. The number of aryl methyl sites for hydroxylation is 1. The van der Waals surface area contributed by atoms with Gasteiger partial charge in [0.15, 0.2) is 0 Å². The Bertz CT molecular complexity index is 825. The summed E-state index contributed by atoms with van der Waals surface area (Å²) in [4.78, 5) is 0. The molecule has 3 rings (SSSR count). The van der Waals surface area contributed by atoms with Gasteiger partial charge in [-0.15, -0.1) is 0 Å². The molecule has 23 heavy (non-hydrogen) atoms. The van der Waals surface area contributed by atoms with Crippen molar-refractivity contribution in [2.24, 2.45) is 0 Å². The van der Waals surface area contributed by atoms with Crippen LogP contribution in [-0.4, -0.2) is 14.5 Å². The van der Waals surface area contributed by atoms with Crippen molar-refractivity contribution in [3.05, 3.63) is 76.5 Å². The molecular weight excluding hydrogens is 350 g/mol. The number of rotatable bonds is 4. The molecule has 0 aliphatic carbocycles. The van der Waals surface area contributed by atoms with E-state index in [4.69, 9.17) is 0 Å². The SMILES string of the molecule is C/C=C\c1ccc(-c2ccc(-c3ccc(CC)cc3)cc2F)[se]1. The van der Waals surface area contributed by atoms with Crippen LogP contribution in [0.3, 0.4) is 0 Å². The second kappa shape index (κ2) is 7.12. The van der Waals surface area contributed by atoms with Gasteiger partial charge in [-0.3, -0.25) is 0 Å². The van der Waals surface area contributed by atoms with Gasteiger partial charge in [0.25, 0.3) is 0 Å². The summed E-state index contributed by atoms with van der Waals surface area (Å²) in [5, 5.41) is 0. The molecule has 0 atom stereocenters. The molecule has 0 aliphatic rings. The molecule has 0 unspecified atom stereocenters. The zero-order valence-corrected chi connectivity index (χ0v) is 15.1. The first kappa shape index (κ1) is 16.0.